The van der Waals surface area contributed by atoms with Crippen LogP contribution in [0.25, 0.3) is 0 Å². The van der Waals surface area contributed by atoms with Gasteiger partial charge in [-0.25, -0.2) is 9.97 Å². The van der Waals surface area contributed by atoms with E-state index in [1.807, 2.05) is 37.3 Å². The van der Waals surface area contributed by atoms with Crippen LogP contribution in [-0.4, -0.2) is 33.8 Å². The molecule has 0 aliphatic heterocycles. The van der Waals surface area contributed by atoms with Crippen molar-refractivity contribution in [2.45, 2.75) is 37.7 Å². The Morgan fingerprint density at radius 2 is 1.96 bits per heavy atom. The maximum Gasteiger partial charge on any atom is 0.307 e. The van der Waals surface area contributed by atoms with E-state index in [0.29, 0.717) is 25.1 Å². The highest BCUT2D eigenvalue weighted by Crippen LogP contribution is 2.44. The first-order chi connectivity index (χ1) is 12.5. The zero-order valence-electron chi connectivity index (χ0n) is 15.0. The van der Waals surface area contributed by atoms with Crippen molar-refractivity contribution in [1.29, 1.82) is 0 Å². The first kappa shape index (κ1) is 18.1. The minimum Gasteiger partial charge on any atom is -0.481 e. The van der Waals surface area contributed by atoms with Gasteiger partial charge in [-0.1, -0.05) is 42.2 Å². The molecule has 1 aromatic carbocycles. The van der Waals surface area contributed by atoms with Crippen molar-refractivity contribution in [1.82, 2.24) is 9.97 Å². The number of benzene rings is 1. The molecule has 1 N–H and O–H groups in total. The summed E-state index contributed by atoms with van der Waals surface area (Å²) in [6.45, 7) is 1.82. The van der Waals surface area contributed by atoms with Crippen molar-refractivity contribution in [2.24, 2.45) is 5.92 Å². The third kappa shape index (κ3) is 3.92. The molecule has 0 spiro atoms. The van der Waals surface area contributed by atoms with Gasteiger partial charge in [-0.05, 0) is 31.7 Å². The van der Waals surface area contributed by atoms with Crippen LogP contribution >= 0.6 is 0 Å². The van der Waals surface area contributed by atoms with Crippen molar-refractivity contribution in [2.75, 3.05) is 7.11 Å². The van der Waals surface area contributed by atoms with E-state index >= 15 is 0 Å². The van der Waals surface area contributed by atoms with Crippen LogP contribution in [0.4, 0.5) is 0 Å². The maximum atomic E-state index is 11.8. The van der Waals surface area contributed by atoms with Crippen LogP contribution in [0, 0.1) is 24.7 Å². The largest absolute Gasteiger partial charge is 0.481 e. The number of nitrogens with zero attached hydrogens (tertiary/aromatic N) is 2. The number of aryl methyl sites for hydroxylation is 1. The van der Waals surface area contributed by atoms with Crippen molar-refractivity contribution in [3.05, 3.63) is 59.7 Å². The second-order valence-electron chi connectivity index (χ2n) is 6.67. The topological polar surface area (TPSA) is 72.3 Å². The summed E-state index contributed by atoms with van der Waals surface area (Å²) in [5, 5.41) is 9.65. The number of aromatic nitrogens is 2. The quantitative estimate of drug-likeness (QED) is 0.861. The molecule has 5 nitrogen and oxygen atoms in total. The molecule has 1 heterocycles. The first-order valence-electron chi connectivity index (χ1n) is 8.68. The van der Waals surface area contributed by atoms with Crippen LogP contribution in [-0.2, 0) is 9.53 Å². The van der Waals surface area contributed by atoms with Crippen molar-refractivity contribution in [3.63, 3.8) is 0 Å². The molecule has 1 aliphatic carbocycles. The van der Waals surface area contributed by atoms with Gasteiger partial charge in [-0.3, -0.25) is 4.79 Å². The average molecular weight is 350 g/mol. The Bertz CT molecular complexity index is 824. The molecule has 0 bridgehead atoms. The SMILES string of the molecule is COC1(C#Cc2cnc(C)nc2)CC[C@@H](C(=O)O)[C@H](c2ccccc2)C1. The molecule has 3 atom stereocenters. The molecule has 3 rings (SSSR count). The van der Waals surface area contributed by atoms with Gasteiger partial charge >= 0.3 is 5.97 Å². The molecule has 1 aliphatic rings. The fourth-order valence-corrected chi connectivity index (χ4v) is 3.53. The molecule has 1 saturated carbocycles. The van der Waals surface area contributed by atoms with E-state index in [1.165, 1.54) is 0 Å². The van der Waals surface area contributed by atoms with Gasteiger partial charge in [-0.15, -0.1) is 0 Å². The summed E-state index contributed by atoms with van der Waals surface area (Å²) in [6.07, 6.45) is 5.04. The van der Waals surface area contributed by atoms with E-state index in [4.69, 9.17) is 4.74 Å². The zero-order chi connectivity index (χ0) is 18.6. The third-order valence-corrected chi connectivity index (χ3v) is 5.05. The Morgan fingerprint density at radius 3 is 2.58 bits per heavy atom. The normalized spacial score (nSPS) is 25.2. The molecular weight excluding hydrogens is 328 g/mol. The van der Waals surface area contributed by atoms with Crippen molar-refractivity contribution >= 4 is 5.97 Å². The maximum absolute atomic E-state index is 11.8. The molecule has 1 fully saturated rings. The Balaban J connectivity index is 1.91. The van der Waals surface area contributed by atoms with Gasteiger partial charge in [0.15, 0.2) is 0 Å². The van der Waals surface area contributed by atoms with Crippen LogP contribution in [0.3, 0.4) is 0 Å². The summed E-state index contributed by atoms with van der Waals surface area (Å²) in [5.74, 6) is 5.71. The lowest BCUT2D eigenvalue weighted by Gasteiger charge is -2.39. The molecule has 134 valence electrons. The van der Waals surface area contributed by atoms with Gasteiger partial charge in [0.2, 0.25) is 0 Å². The minimum absolute atomic E-state index is 0.133. The fourth-order valence-electron chi connectivity index (χ4n) is 3.53. The highest BCUT2D eigenvalue weighted by molar-refractivity contribution is 5.71. The fraction of sp³-hybridized carbons (Fsp3) is 0.381. The average Bonchev–Trinajstić information content (AvgIpc) is 2.68. The van der Waals surface area contributed by atoms with E-state index < -0.39 is 17.5 Å². The lowest BCUT2D eigenvalue weighted by atomic mass is 9.69. The molecule has 1 aromatic heterocycles. The number of methoxy groups -OCH3 is 1. The number of carboxylic acids is 1. The van der Waals surface area contributed by atoms with E-state index in [0.717, 1.165) is 11.1 Å². The highest BCUT2D eigenvalue weighted by atomic mass is 16.5. The zero-order valence-corrected chi connectivity index (χ0v) is 15.0. The van der Waals surface area contributed by atoms with Gasteiger partial charge in [0.1, 0.15) is 11.4 Å². The molecule has 2 aromatic rings. The summed E-state index contributed by atoms with van der Waals surface area (Å²) < 4.78 is 5.80. The number of hydrogen-bond donors (Lipinski definition) is 1. The smallest absolute Gasteiger partial charge is 0.307 e. The van der Waals surface area contributed by atoms with Crippen LogP contribution in [0.2, 0.25) is 0 Å². The lowest BCUT2D eigenvalue weighted by molar-refractivity contribution is -0.145. The molecule has 0 amide bonds. The van der Waals surface area contributed by atoms with Crippen molar-refractivity contribution < 1.29 is 14.6 Å². The number of hydrogen-bond acceptors (Lipinski definition) is 4. The Kier molecular flexibility index (Phi) is 5.34. The van der Waals surface area contributed by atoms with Crippen LogP contribution in [0.5, 0.6) is 0 Å². The lowest BCUT2D eigenvalue weighted by Crippen LogP contribution is -2.41. The number of rotatable bonds is 3. The second kappa shape index (κ2) is 7.67. The van der Waals surface area contributed by atoms with Gasteiger partial charge in [-0.2, -0.15) is 0 Å². The van der Waals surface area contributed by atoms with Gasteiger partial charge in [0, 0.05) is 25.4 Å². The number of carboxylic acid groups (broad SMARTS) is 1. The monoisotopic (exact) mass is 350 g/mol. The summed E-state index contributed by atoms with van der Waals surface area (Å²) in [4.78, 5) is 20.1. The van der Waals surface area contributed by atoms with Gasteiger partial charge in [0.05, 0.1) is 11.5 Å². The predicted molar refractivity (Wildman–Crippen MR) is 97.5 cm³/mol. The predicted octanol–water partition coefficient (Wildman–Crippen LogP) is 3.19. The van der Waals surface area contributed by atoms with Crippen LogP contribution in [0.1, 0.15) is 42.1 Å². The summed E-state index contributed by atoms with van der Waals surface area (Å²) >= 11 is 0. The number of aliphatic carboxylic acids is 1. The van der Waals surface area contributed by atoms with E-state index in [1.54, 1.807) is 19.5 Å². The van der Waals surface area contributed by atoms with E-state index in [-0.39, 0.29) is 5.92 Å². The first-order valence-corrected chi connectivity index (χ1v) is 8.68. The van der Waals surface area contributed by atoms with E-state index in [2.05, 4.69) is 21.8 Å². The highest BCUT2D eigenvalue weighted by Gasteiger charge is 2.43. The number of carbonyl (C=O) groups is 1. The minimum atomic E-state index is -0.761. The molecule has 5 heteroatoms. The molecule has 0 saturated heterocycles. The van der Waals surface area contributed by atoms with Gasteiger partial charge < -0.3 is 9.84 Å². The van der Waals surface area contributed by atoms with E-state index in [9.17, 15) is 9.90 Å². The molecule has 1 unspecified atom stereocenters. The Hall–Kier alpha value is -2.71. The standard InChI is InChI=1S/C21H22N2O3/c1-15-22-13-16(14-23-15)8-10-21(26-2)11-9-18(20(24)25)19(12-21)17-6-4-3-5-7-17/h3-7,13-14,18-19H,9,11-12H2,1-2H3,(H,24,25)/t18-,19+,21?/m1/s1. The second-order valence-corrected chi connectivity index (χ2v) is 6.67. The van der Waals surface area contributed by atoms with Crippen LogP contribution < -0.4 is 0 Å². The van der Waals surface area contributed by atoms with Gasteiger partial charge in [0.25, 0.3) is 0 Å². The number of ether oxygens (including phenoxy) is 1. The van der Waals surface area contributed by atoms with Crippen molar-refractivity contribution in [3.8, 4) is 11.8 Å². The third-order valence-electron chi connectivity index (χ3n) is 5.05. The Labute approximate surface area is 153 Å². The van der Waals surface area contributed by atoms with Crippen LogP contribution in [0.15, 0.2) is 42.7 Å². The summed E-state index contributed by atoms with van der Waals surface area (Å²) in [6, 6.07) is 9.77. The Morgan fingerprint density at radius 1 is 1.27 bits per heavy atom. The summed E-state index contributed by atoms with van der Waals surface area (Å²) in [5.41, 5.74) is 1.07. The molecular formula is C21H22N2O3. The molecule has 26 heavy (non-hydrogen) atoms. The molecule has 0 radical (unpaired) electrons. The summed E-state index contributed by atoms with van der Waals surface area (Å²) in [7, 11) is 1.64.